The van der Waals surface area contributed by atoms with Crippen molar-refractivity contribution in [3.8, 4) is 0 Å². The number of aliphatic hydroxyl groups is 1. The lowest BCUT2D eigenvalue weighted by Gasteiger charge is -2.40. The molecule has 2 atom stereocenters. The van der Waals surface area contributed by atoms with Crippen molar-refractivity contribution in [2.45, 2.75) is 100 Å². The quantitative estimate of drug-likeness (QED) is 0.0802. The molecule has 6 heterocycles. The number of benzene rings is 2. The van der Waals surface area contributed by atoms with Crippen molar-refractivity contribution in [3.05, 3.63) is 125 Å². The number of aliphatic imine (C=N–C) groups is 2. The first-order valence-corrected chi connectivity index (χ1v) is 31.9. The first-order valence-electron chi connectivity index (χ1n) is 26.4. The first-order chi connectivity index (χ1) is 38.5. The molecule has 0 spiro atoms. The molecule has 2 saturated carbocycles. The highest BCUT2D eigenvalue weighted by molar-refractivity contribution is 7.90. The molecule has 81 heavy (non-hydrogen) atoms. The van der Waals surface area contributed by atoms with Crippen LogP contribution in [0.2, 0.25) is 10.0 Å². The number of methoxy groups -OCH3 is 2. The van der Waals surface area contributed by atoms with Crippen molar-refractivity contribution in [2.75, 3.05) is 47.0 Å². The van der Waals surface area contributed by atoms with Gasteiger partial charge in [0, 0.05) is 100 Å². The van der Waals surface area contributed by atoms with Gasteiger partial charge in [0.05, 0.1) is 41.8 Å². The van der Waals surface area contributed by atoms with Crippen LogP contribution in [0.1, 0.15) is 105 Å². The number of nitrogens with zero attached hydrogens (tertiary/aromatic N) is 6. The standard InChI is InChI=1S/C29H34ClFN4O6S2.C25H28ClFN4O5S2/c1-29(2,3)41-27(36)17-13-19(14-17)43(38,39)35-10-7-16(8-11-35)23-22(28(37)40-4)24(20-6-5-18(31)15-21(20)30)34-25(33-23)26-32-9-12-42-26;1-36-25(33)20-21(15-4-7-31(8-5-15)38(34,35)17-10-14(11-17)13-32)29-23(24-28-6-9-37-24)30-22(20)18-3-2-16(27)12-19(18)26/h5-6,9,12,15-17,19,24H,7-8,10-11,13-14H2,1-4H3,(H,33,34);2-3,6,9,12,14-15,17,22,32H,4-5,7-8,10-11,13H2,1H3,(H,29,30)/t17?,19?,24-;14?,17?,22-/m11/s1. The number of carbonyl (C=O) groups is 3. The highest BCUT2D eigenvalue weighted by Crippen LogP contribution is 2.44. The van der Waals surface area contributed by atoms with E-state index in [0.29, 0.717) is 95.8 Å². The lowest BCUT2D eigenvalue weighted by molar-refractivity contribution is -0.162. The predicted octanol–water partition coefficient (Wildman–Crippen LogP) is 7.88. The number of rotatable bonds is 14. The maximum atomic E-state index is 13.9. The highest BCUT2D eigenvalue weighted by atomic mass is 35.5. The summed E-state index contributed by atoms with van der Waals surface area (Å²) in [5.41, 5.74) is 1.89. The average molecular weight is 1240 g/mol. The Morgan fingerprint density at radius 1 is 0.691 bits per heavy atom. The second-order valence-corrected chi connectivity index (χ2v) is 28.6. The van der Waals surface area contributed by atoms with Gasteiger partial charge in [0.1, 0.15) is 29.3 Å². The zero-order valence-corrected chi connectivity index (χ0v) is 49.7. The average Bonchev–Trinajstić information content (AvgIpc) is 4.24. The van der Waals surface area contributed by atoms with Crippen LogP contribution >= 0.6 is 45.9 Å². The maximum Gasteiger partial charge on any atom is 0.338 e. The van der Waals surface area contributed by atoms with E-state index in [1.807, 2.05) is 5.38 Å². The van der Waals surface area contributed by atoms with E-state index in [-0.39, 0.29) is 77.5 Å². The van der Waals surface area contributed by atoms with Gasteiger partial charge in [-0.05, 0) is 102 Å². The largest absolute Gasteiger partial charge is 0.466 e. The van der Waals surface area contributed by atoms with Crippen molar-refractivity contribution in [1.82, 2.24) is 29.2 Å². The molecule has 10 rings (SSSR count). The smallest absolute Gasteiger partial charge is 0.338 e. The summed E-state index contributed by atoms with van der Waals surface area (Å²) in [5, 5.41) is 19.8. The number of halogens is 4. The van der Waals surface area contributed by atoms with Gasteiger partial charge in [-0.15, -0.1) is 22.7 Å². The Labute approximate surface area is 487 Å². The number of allylic oxidation sites excluding steroid dienone is 2. The Kier molecular flexibility index (Phi) is 18.6. The van der Waals surface area contributed by atoms with E-state index in [2.05, 4.69) is 20.6 Å². The van der Waals surface area contributed by atoms with Crippen molar-refractivity contribution in [1.29, 1.82) is 0 Å². The third-order valence-electron chi connectivity index (χ3n) is 15.3. The molecule has 0 amide bonds. The minimum absolute atomic E-state index is 0.00639. The minimum atomic E-state index is -3.62. The number of nitrogens with one attached hydrogen (secondary N) is 2. The van der Waals surface area contributed by atoms with Gasteiger partial charge in [-0.2, -0.15) is 0 Å². The predicted molar refractivity (Wildman–Crippen MR) is 302 cm³/mol. The summed E-state index contributed by atoms with van der Waals surface area (Å²) in [7, 11) is -4.52. The number of hydrogen-bond donors (Lipinski definition) is 3. The summed E-state index contributed by atoms with van der Waals surface area (Å²) in [6.07, 6.45) is 6.54. The number of amidine groups is 2. The van der Waals surface area contributed by atoms with Crippen molar-refractivity contribution >= 4 is 95.5 Å². The number of hydrogen-bond acceptors (Lipinski definition) is 19. The van der Waals surface area contributed by atoms with Crippen LogP contribution in [0.5, 0.6) is 0 Å². The molecule has 436 valence electrons. The van der Waals surface area contributed by atoms with E-state index in [4.69, 9.17) is 47.4 Å². The summed E-state index contributed by atoms with van der Waals surface area (Å²) >= 11 is 15.6. The molecule has 27 heteroatoms. The van der Waals surface area contributed by atoms with E-state index in [1.165, 1.54) is 81.9 Å². The van der Waals surface area contributed by atoms with E-state index in [9.17, 15) is 45.1 Å². The molecule has 0 unspecified atom stereocenters. The van der Waals surface area contributed by atoms with Crippen LogP contribution in [0.3, 0.4) is 0 Å². The van der Waals surface area contributed by atoms with Crippen LogP contribution in [0.15, 0.2) is 92.1 Å². The van der Waals surface area contributed by atoms with Gasteiger partial charge in [0.15, 0.2) is 21.7 Å². The summed E-state index contributed by atoms with van der Waals surface area (Å²) in [6, 6.07) is 6.12. The Morgan fingerprint density at radius 3 is 1.44 bits per heavy atom. The SMILES string of the molecule is COC(=O)C1=C(C2CCN(S(=O)(=O)C3CC(C(=O)OC(C)(C)C)C3)CC2)NC(c2nccs2)=N[C@@H]1c1ccc(F)cc1Cl.COC(=O)C1=C(C2CCN(S(=O)(=O)C3CC(CO)C3)CC2)NC(c2nccs2)=N[C@@H]1c1ccc(F)cc1Cl. The van der Waals surface area contributed by atoms with Crippen LogP contribution in [0, 0.1) is 35.3 Å². The second-order valence-electron chi connectivity index (χ2n) is 21.6. The fraction of sp³-hybridized carbons (Fsp3) is 0.500. The van der Waals surface area contributed by atoms with Crippen molar-refractivity contribution in [3.63, 3.8) is 0 Å². The lowest BCUT2D eigenvalue weighted by Crippen LogP contribution is -2.50. The first kappa shape index (κ1) is 60.3. The second kappa shape index (κ2) is 24.9. The van der Waals surface area contributed by atoms with Gasteiger partial charge in [-0.3, -0.25) is 14.8 Å². The Bertz CT molecular complexity index is 3370. The number of ether oxygens (including phenoxy) is 3. The van der Waals surface area contributed by atoms with Gasteiger partial charge in [-0.25, -0.2) is 53.8 Å². The normalized spacial score (nSPS) is 24.3. The molecule has 0 bridgehead atoms. The molecule has 2 aliphatic carbocycles. The Hall–Kier alpha value is -5.25. The van der Waals surface area contributed by atoms with Gasteiger partial charge < -0.3 is 30.0 Å². The van der Waals surface area contributed by atoms with Crippen molar-refractivity contribution < 1.29 is 59.3 Å². The van der Waals surface area contributed by atoms with E-state index >= 15 is 0 Å². The Balaban J connectivity index is 0.000000197. The van der Waals surface area contributed by atoms with Crippen LogP contribution in [0.25, 0.3) is 0 Å². The number of sulfonamides is 2. The maximum absolute atomic E-state index is 13.9. The number of piperidine rings is 2. The molecular weight excluding hydrogens is 1170 g/mol. The molecule has 2 aromatic carbocycles. The summed E-state index contributed by atoms with van der Waals surface area (Å²) in [6.45, 7) is 6.45. The molecule has 6 aliphatic rings. The number of esters is 3. The van der Waals surface area contributed by atoms with Crippen LogP contribution in [0.4, 0.5) is 8.78 Å². The molecule has 19 nitrogen and oxygen atoms in total. The van der Waals surface area contributed by atoms with Crippen LogP contribution in [-0.4, -0.2) is 133 Å². The van der Waals surface area contributed by atoms with Gasteiger partial charge in [-0.1, -0.05) is 35.3 Å². The van der Waals surface area contributed by atoms with Gasteiger partial charge >= 0.3 is 17.9 Å². The third-order valence-corrected chi connectivity index (χ3v) is 22.2. The summed E-state index contributed by atoms with van der Waals surface area (Å²) in [4.78, 5) is 57.0. The molecule has 4 aliphatic heterocycles. The highest BCUT2D eigenvalue weighted by Gasteiger charge is 2.48. The number of thiazole rings is 2. The van der Waals surface area contributed by atoms with E-state index in [1.54, 1.807) is 38.5 Å². The van der Waals surface area contributed by atoms with E-state index < -0.39 is 77.7 Å². The fourth-order valence-corrected chi connectivity index (χ4v) is 16.9. The minimum Gasteiger partial charge on any atom is -0.466 e. The zero-order valence-electron chi connectivity index (χ0n) is 44.9. The number of aliphatic hydroxyl groups excluding tert-OH is 1. The number of aromatic nitrogens is 2. The summed E-state index contributed by atoms with van der Waals surface area (Å²) in [5.74, 6) is -2.52. The molecule has 4 aromatic rings. The van der Waals surface area contributed by atoms with E-state index in [0.717, 1.165) is 0 Å². The molecule has 2 aromatic heterocycles. The fourth-order valence-electron chi connectivity index (χ4n) is 10.9. The topological polar surface area (TPSA) is 248 Å². The molecule has 3 N–H and O–H groups in total. The molecule has 0 radical (unpaired) electrons. The molecule has 4 fully saturated rings. The Morgan fingerprint density at radius 2 is 1.10 bits per heavy atom. The van der Waals surface area contributed by atoms with Gasteiger partial charge in [0.25, 0.3) is 0 Å². The van der Waals surface area contributed by atoms with Crippen molar-refractivity contribution in [2.24, 2.45) is 33.7 Å². The lowest BCUT2D eigenvalue weighted by atomic mass is 9.85. The number of carbonyl (C=O) groups excluding carboxylic acids is 3. The monoisotopic (exact) mass is 1230 g/mol. The summed E-state index contributed by atoms with van der Waals surface area (Å²) < 4.78 is 99.6. The molecular formula is C54H62Cl2F2N8O11S4. The third kappa shape index (κ3) is 13.1. The zero-order chi connectivity index (χ0) is 58.1. The molecule has 2 saturated heterocycles. The van der Waals surface area contributed by atoms with Crippen LogP contribution < -0.4 is 10.6 Å². The van der Waals surface area contributed by atoms with Gasteiger partial charge in [0.2, 0.25) is 20.0 Å². The van der Waals surface area contributed by atoms with Crippen LogP contribution in [-0.2, 0) is 48.6 Å².